The van der Waals surface area contributed by atoms with Gasteiger partial charge in [-0.25, -0.2) is 8.78 Å². The molecular formula is C30H28F3N3O4. The minimum atomic E-state index is -1.05. The van der Waals surface area contributed by atoms with Gasteiger partial charge in [0.25, 0.3) is 5.91 Å². The predicted octanol–water partition coefficient (Wildman–Crippen LogP) is 5.73. The van der Waals surface area contributed by atoms with Crippen molar-refractivity contribution in [3.63, 3.8) is 0 Å². The van der Waals surface area contributed by atoms with Crippen LogP contribution in [0.3, 0.4) is 0 Å². The van der Waals surface area contributed by atoms with E-state index in [0.717, 1.165) is 18.7 Å². The smallest absolute Gasteiger partial charge is 0.257 e. The molecule has 1 aliphatic heterocycles. The number of benzene rings is 3. The molecule has 0 atom stereocenters. The van der Waals surface area contributed by atoms with Crippen LogP contribution in [0, 0.1) is 17.5 Å². The number of fused-ring (bicyclic) bond motifs is 1. The Morgan fingerprint density at radius 1 is 0.950 bits per heavy atom. The quantitative estimate of drug-likeness (QED) is 0.318. The first-order valence-corrected chi connectivity index (χ1v) is 12.8. The number of amides is 2. The summed E-state index contributed by atoms with van der Waals surface area (Å²) in [5, 5.41) is 3.34. The lowest BCUT2D eigenvalue weighted by Gasteiger charge is -2.32. The minimum absolute atomic E-state index is 0.0492. The summed E-state index contributed by atoms with van der Waals surface area (Å²) in [6, 6.07) is 15.0. The zero-order chi connectivity index (χ0) is 28.4. The Morgan fingerprint density at radius 2 is 1.68 bits per heavy atom. The van der Waals surface area contributed by atoms with E-state index < -0.39 is 23.3 Å². The number of hydrogen-bond donors (Lipinski definition) is 1. The van der Waals surface area contributed by atoms with Gasteiger partial charge in [-0.15, -0.1) is 0 Å². The number of nitrogens with zero attached hydrogens (tertiary/aromatic N) is 2. The van der Waals surface area contributed by atoms with Crippen LogP contribution in [0.1, 0.15) is 34.7 Å². The average Bonchev–Trinajstić information content (AvgIpc) is 3.37. The van der Waals surface area contributed by atoms with E-state index >= 15 is 0 Å². The number of rotatable bonds is 7. The van der Waals surface area contributed by atoms with Gasteiger partial charge in [0.1, 0.15) is 12.4 Å². The third kappa shape index (κ3) is 5.21. The zero-order valence-corrected chi connectivity index (χ0v) is 22.0. The Balaban J connectivity index is 1.19. The van der Waals surface area contributed by atoms with Gasteiger partial charge in [0.05, 0.1) is 25.3 Å². The van der Waals surface area contributed by atoms with Crippen molar-refractivity contribution < 1.29 is 32.2 Å². The molecule has 7 nitrogen and oxygen atoms in total. The second-order valence-corrected chi connectivity index (χ2v) is 9.64. The molecule has 5 rings (SSSR count). The minimum Gasteiger partial charge on any atom is -0.494 e. The van der Waals surface area contributed by atoms with Crippen molar-refractivity contribution >= 4 is 28.4 Å². The second kappa shape index (κ2) is 11.3. The summed E-state index contributed by atoms with van der Waals surface area (Å²) in [7, 11) is 2.36. The van der Waals surface area contributed by atoms with Gasteiger partial charge in [-0.2, -0.15) is 4.39 Å². The summed E-state index contributed by atoms with van der Waals surface area (Å²) in [5.41, 5.74) is 2.05. The van der Waals surface area contributed by atoms with Gasteiger partial charge < -0.3 is 24.3 Å². The largest absolute Gasteiger partial charge is 0.494 e. The monoisotopic (exact) mass is 551 g/mol. The summed E-state index contributed by atoms with van der Waals surface area (Å²) in [6.45, 7) is 0.845. The molecule has 1 N–H and O–H groups in total. The van der Waals surface area contributed by atoms with E-state index in [9.17, 15) is 22.8 Å². The molecule has 3 aromatic carbocycles. The first-order chi connectivity index (χ1) is 19.3. The third-order valence-electron chi connectivity index (χ3n) is 7.30. The lowest BCUT2D eigenvalue weighted by molar-refractivity contribution is -0.116. The second-order valence-electron chi connectivity index (χ2n) is 9.64. The molecule has 1 aliphatic rings. The van der Waals surface area contributed by atoms with Gasteiger partial charge in [0, 0.05) is 30.4 Å². The number of nitrogens with one attached hydrogen (secondary N) is 1. The number of piperidine rings is 1. The topological polar surface area (TPSA) is 72.8 Å². The molecule has 0 aliphatic carbocycles. The number of likely N-dealkylation sites (tertiary alicyclic amines) is 1. The van der Waals surface area contributed by atoms with Gasteiger partial charge in [0.2, 0.25) is 11.7 Å². The van der Waals surface area contributed by atoms with Crippen LogP contribution < -0.4 is 14.8 Å². The molecule has 1 fully saturated rings. The fraction of sp³-hybridized carbons (Fsp3) is 0.267. The standard InChI is InChI=1S/C30H28F3N3O4/c1-39-25-16-22(27(32)29(40-2)28(25)33)30(38)35-13-10-19(11-14-35)18-6-8-20(9-7-18)34-26(37)17-36-15-12-21-23(31)4-3-5-24(21)36/h3-9,12,15-16,19H,10-11,13-14,17H2,1-2H3,(H,34,37). The third-order valence-corrected chi connectivity index (χ3v) is 7.30. The highest BCUT2D eigenvalue weighted by Crippen LogP contribution is 2.34. The molecule has 0 bridgehead atoms. The van der Waals surface area contributed by atoms with Crippen LogP contribution >= 0.6 is 0 Å². The lowest BCUT2D eigenvalue weighted by Crippen LogP contribution is -2.38. The van der Waals surface area contributed by atoms with E-state index in [2.05, 4.69) is 5.32 Å². The molecule has 0 spiro atoms. The normalized spacial score (nSPS) is 13.9. The molecule has 40 heavy (non-hydrogen) atoms. The highest BCUT2D eigenvalue weighted by atomic mass is 19.1. The van der Waals surface area contributed by atoms with E-state index in [-0.39, 0.29) is 35.5 Å². The van der Waals surface area contributed by atoms with E-state index in [1.807, 2.05) is 24.3 Å². The van der Waals surface area contributed by atoms with Crippen LogP contribution in [0.2, 0.25) is 0 Å². The van der Waals surface area contributed by atoms with Crippen LogP contribution in [0.25, 0.3) is 10.9 Å². The number of carbonyl (C=O) groups excluding carboxylic acids is 2. The highest BCUT2D eigenvalue weighted by Gasteiger charge is 2.30. The SMILES string of the molecule is COc1cc(C(=O)N2CCC(c3ccc(NC(=O)Cn4ccc5c(F)cccc54)cc3)CC2)c(F)c(OC)c1F. The first-order valence-electron chi connectivity index (χ1n) is 12.8. The van der Waals surface area contributed by atoms with Gasteiger partial charge in [-0.1, -0.05) is 18.2 Å². The molecule has 1 saturated heterocycles. The summed E-state index contributed by atoms with van der Waals surface area (Å²) in [6.07, 6.45) is 3.00. The number of ether oxygens (including phenoxy) is 2. The molecule has 10 heteroatoms. The van der Waals surface area contributed by atoms with Crippen LogP contribution in [0.4, 0.5) is 18.9 Å². The lowest BCUT2D eigenvalue weighted by atomic mass is 9.89. The Labute approximate surface area is 229 Å². The number of hydrogen-bond acceptors (Lipinski definition) is 4. The molecule has 4 aromatic rings. The summed E-state index contributed by atoms with van der Waals surface area (Å²) in [4.78, 5) is 27.2. The Hall–Kier alpha value is -4.47. The Morgan fingerprint density at radius 3 is 2.35 bits per heavy atom. The molecule has 1 aromatic heterocycles. The fourth-order valence-electron chi connectivity index (χ4n) is 5.18. The van der Waals surface area contributed by atoms with E-state index in [1.165, 1.54) is 18.1 Å². The maximum absolute atomic E-state index is 14.8. The number of halogens is 3. The molecule has 0 saturated carbocycles. The number of methoxy groups -OCH3 is 2. The Bertz CT molecular complexity index is 1560. The van der Waals surface area contributed by atoms with Gasteiger partial charge in [-0.3, -0.25) is 9.59 Å². The molecule has 2 heterocycles. The zero-order valence-electron chi connectivity index (χ0n) is 22.0. The number of carbonyl (C=O) groups is 2. The summed E-state index contributed by atoms with van der Waals surface area (Å²) >= 11 is 0. The maximum Gasteiger partial charge on any atom is 0.257 e. The first kappa shape index (κ1) is 27.1. The summed E-state index contributed by atoms with van der Waals surface area (Å²) in [5.74, 6) is -3.90. The van der Waals surface area contributed by atoms with Crippen LogP contribution in [-0.2, 0) is 11.3 Å². The molecule has 0 radical (unpaired) electrons. The van der Waals surface area contributed by atoms with Gasteiger partial charge in [0.15, 0.2) is 17.3 Å². The van der Waals surface area contributed by atoms with Crippen molar-refractivity contribution in [2.75, 3.05) is 32.6 Å². The highest BCUT2D eigenvalue weighted by molar-refractivity contribution is 5.95. The fourth-order valence-corrected chi connectivity index (χ4v) is 5.18. The van der Waals surface area contributed by atoms with Crippen molar-refractivity contribution in [2.45, 2.75) is 25.3 Å². The average molecular weight is 552 g/mol. The van der Waals surface area contributed by atoms with Crippen molar-refractivity contribution in [2.24, 2.45) is 0 Å². The Kier molecular flexibility index (Phi) is 7.68. The van der Waals surface area contributed by atoms with Crippen LogP contribution in [-0.4, -0.2) is 48.6 Å². The molecule has 208 valence electrons. The van der Waals surface area contributed by atoms with Gasteiger partial charge >= 0.3 is 0 Å². The number of aromatic nitrogens is 1. The van der Waals surface area contributed by atoms with Crippen LogP contribution in [0.5, 0.6) is 11.5 Å². The van der Waals surface area contributed by atoms with Crippen LogP contribution in [0.15, 0.2) is 60.8 Å². The van der Waals surface area contributed by atoms with Crippen molar-refractivity contribution in [3.8, 4) is 11.5 Å². The molecular weight excluding hydrogens is 523 g/mol. The summed E-state index contributed by atoms with van der Waals surface area (Å²) < 4.78 is 54.4. The van der Waals surface area contributed by atoms with Crippen molar-refractivity contribution in [3.05, 3.63) is 89.4 Å². The number of anilines is 1. The molecule has 2 amide bonds. The van der Waals surface area contributed by atoms with E-state index in [0.29, 0.717) is 42.5 Å². The maximum atomic E-state index is 14.8. The van der Waals surface area contributed by atoms with E-state index in [1.54, 1.807) is 29.0 Å². The predicted molar refractivity (Wildman–Crippen MR) is 144 cm³/mol. The molecule has 0 unspecified atom stereocenters. The van der Waals surface area contributed by atoms with E-state index in [4.69, 9.17) is 9.47 Å². The van der Waals surface area contributed by atoms with Crippen molar-refractivity contribution in [1.82, 2.24) is 9.47 Å². The van der Waals surface area contributed by atoms with Crippen molar-refractivity contribution in [1.29, 1.82) is 0 Å². The van der Waals surface area contributed by atoms with Gasteiger partial charge in [-0.05, 0) is 60.7 Å².